The first kappa shape index (κ1) is 18.1. The normalized spacial score (nSPS) is 18.9. The van der Waals surface area contributed by atoms with Crippen LogP contribution in [0.4, 0.5) is 0 Å². The predicted octanol–water partition coefficient (Wildman–Crippen LogP) is 2.74. The molecule has 0 unspecified atom stereocenters. The van der Waals surface area contributed by atoms with Gasteiger partial charge in [-0.2, -0.15) is 0 Å². The number of hydrogen-bond acceptors (Lipinski definition) is 3. The van der Waals surface area contributed by atoms with E-state index < -0.39 is 5.60 Å². The summed E-state index contributed by atoms with van der Waals surface area (Å²) < 4.78 is 5.84. The van der Waals surface area contributed by atoms with Crippen molar-refractivity contribution < 1.29 is 9.53 Å². The second kappa shape index (κ2) is 7.34. The van der Waals surface area contributed by atoms with Crippen molar-refractivity contribution in [1.82, 2.24) is 10.2 Å². The molecule has 2 rings (SSSR count). The van der Waals surface area contributed by atoms with Crippen molar-refractivity contribution in [3.63, 3.8) is 0 Å². The fourth-order valence-electron chi connectivity index (χ4n) is 2.37. The summed E-state index contributed by atoms with van der Waals surface area (Å²) in [5.41, 5.74) is -0.901. The number of halogens is 2. The lowest BCUT2D eigenvalue weighted by molar-refractivity contribution is -0.146. The number of ether oxygens (including phenoxy) is 1. The van der Waals surface area contributed by atoms with E-state index in [4.69, 9.17) is 16.3 Å². The number of piperazine rings is 1. The minimum atomic E-state index is -0.901. The summed E-state index contributed by atoms with van der Waals surface area (Å²) >= 11 is 5.94. The highest BCUT2D eigenvalue weighted by Crippen LogP contribution is 2.23. The maximum absolute atomic E-state index is 12.6. The van der Waals surface area contributed by atoms with Crippen molar-refractivity contribution in [1.29, 1.82) is 0 Å². The van der Waals surface area contributed by atoms with Crippen molar-refractivity contribution in [3.05, 3.63) is 29.3 Å². The van der Waals surface area contributed by atoms with E-state index in [1.807, 2.05) is 11.0 Å². The van der Waals surface area contributed by atoms with E-state index in [-0.39, 0.29) is 18.3 Å². The van der Waals surface area contributed by atoms with Gasteiger partial charge in [0, 0.05) is 30.7 Å². The van der Waals surface area contributed by atoms with Gasteiger partial charge >= 0.3 is 0 Å². The molecule has 0 aromatic heterocycles. The van der Waals surface area contributed by atoms with E-state index in [0.717, 1.165) is 6.54 Å². The molecule has 4 nitrogen and oxygen atoms in total. The molecule has 1 aliphatic rings. The van der Waals surface area contributed by atoms with Crippen molar-refractivity contribution in [2.45, 2.75) is 32.4 Å². The first-order valence-electron chi connectivity index (χ1n) is 6.86. The Morgan fingerprint density at radius 3 is 2.81 bits per heavy atom. The largest absolute Gasteiger partial charge is 0.478 e. The third-order valence-corrected chi connectivity index (χ3v) is 3.58. The molecule has 1 N–H and O–H groups in total. The molecule has 1 heterocycles. The summed E-state index contributed by atoms with van der Waals surface area (Å²) in [6.45, 7) is 7.91. The van der Waals surface area contributed by atoms with Gasteiger partial charge in [0.15, 0.2) is 5.60 Å². The van der Waals surface area contributed by atoms with Crippen LogP contribution in [-0.2, 0) is 4.79 Å². The second-order valence-corrected chi connectivity index (χ2v) is 6.11. The lowest BCUT2D eigenvalue weighted by Gasteiger charge is -2.37. The molecule has 1 amide bonds. The Morgan fingerprint density at radius 2 is 2.19 bits per heavy atom. The Bertz CT molecular complexity index is 494. The van der Waals surface area contributed by atoms with Gasteiger partial charge in [0.1, 0.15) is 5.75 Å². The van der Waals surface area contributed by atoms with E-state index in [0.29, 0.717) is 29.9 Å². The van der Waals surface area contributed by atoms with Crippen LogP contribution in [0.5, 0.6) is 5.75 Å². The molecule has 1 fully saturated rings. The van der Waals surface area contributed by atoms with Gasteiger partial charge in [-0.25, -0.2) is 0 Å². The van der Waals surface area contributed by atoms with Crippen LogP contribution in [0.1, 0.15) is 20.8 Å². The summed E-state index contributed by atoms with van der Waals surface area (Å²) in [7, 11) is 0. The topological polar surface area (TPSA) is 41.6 Å². The van der Waals surface area contributed by atoms with E-state index in [1.165, 1.54) is 0 Å². The lowest BCUT2D eigenvalue weighted by atomic mass is 10.1. The number of amides is 1. The first-order valence-corrected chi connectivity index (χ1v) is 7.23. The highest BCUT2D eigenvalue weighted by Gasteiger charge is 2.35. The molecule has 21 heavy (non-hydrogen) atoms. The smallest absolute Gasteiger partial charge is 0.266 e. The lowest BCUT2D eigenvalue weighted by Crippen LogP contribution is -2.57. The van der Waals surface area contributed by atoms with Crippen LogP contribution in [0.3, 0.4) is 0 Å². The molecule has 1 saturated heterocycles. The number of nitrogens with zero attached hydrogens (tertiary/aromatic N) is 1. The van der Waals surface area contributed by atoms with Crippen LogP contribution in [0.15, 0.2) is 24.3 Å². The highest BCUT2D eigenvalue weighted by atomic mass is 35.5. The predicted molar refractivity (Wildman–Crippen MR) is 87.5 cm³/mol. The molecule has 1 atom stereocenters. The third kappa shape index (κ3) is 4.77. The van der Waals surface area contributed by atoms with E-state index in [9.17, 15) is 4.79 Å². The Balaban J connectivity index is 0.00000220. The monoisotopic (exact) mass is 332 g/mol. The van der Waals surface area contributed by atoms with Gasteiger partial charge in [-0.05, 0) is 39.0 Å². The van der Waals surface area contributed by atoms with Gasteiger partial charge < -0.3 is 15.0 Å². The van der Waals surface area contributed by atoms with Crippen molar-refractivity contribution in [3.8, 4) is 5.75 Å². The van der Waals surface area contributed by atoms with Crippen LogP contribution in [0.2, 0.25) is 5.02 Å². The summed E-state index contributed by atoms with van der Waals surface area (Å²) in [5.74, 6) is 0.616. The van der Waals surface area contributed by atoms with Crippen molar-refractivity contribution >= 4 is 29.9 Å². The molecule has 1 aromatic carbocycles. The zero-order chi connectivity index (χ0) is 14.8. The van der Waals surface area contributed by atoms with Gasteiger partial charge in [-0.15, -0.1) is 12.4 Å². The molecule has 0 saturated carbocycles. The molecule has 1 aliphatic heterocycles. The molecular formula is C15H22Cl2N2O2. The Labute approximate surface area is 137 Å². The van der Waals surface area contributed by atoms with Gasteiger partial charge in [-0.1, -0.05) is 17.7 Å². The SMILES string of the molecule is C[C@@H]1CN(C(=O)C(C)(C)Oc2cccc(Cl)c2)CCN1.Cl. The summed E-state index contributed by atoms with van der Waals surface area (Å²) in [5, 5.41) is 3.92. The summed E-state index contributed by atoms with van der Waals surface area (Å²) in [4.78, 5) is 14.4. The Hall–Kier alpha value is -0.970. The highest BCUT2D eigenvalue weighted by molar-refractivity contribution is 6.30. The Morgan fingerprint density at radius 1 is 1.48 bits per heavy atom. The Kier molecular flexibility index (Phi) is 6.32. The van der Waals surface area contributed by atoms with Gasteiger partial charge in [0.2, 0.25) is 0 Å². The van der Waals surface area contributed by atoms with Crippen LogP contribution in [0, 0.1) is 0 Å². The zero-order valence-electron chi connectivity index (χ0n) is 12.6. The molecule has 0 aliphatic carbocycles. The number of carbonyl (C=O) groups excluding carboxylic acids is 1. The molecule has 0 radical (unpaired) electrons. The fourth-order valence-corrected chi connectivity index (χ4v) is 2.55. The van der Waals surface area contributed by atoms with Gasteiger partial charge in [-0.3, -0.25) is 4.79 Å². The number of rotatable bonds is 3. The van der Waals surface area contributed by atoms with Crippen molar-refractivity contribution in [2.24, 2.45) is 0 Å². The van der Waals surface area contributed by atoms with Crippen LogP contribution in [0.25, 0.3) is 0 Å². The second-order valence-electron chi connectivity index (χ2n) is 5.68. The quantitative estimate of drug-likeness (QED) is 0.925. The summed E-state index contributed by atoms with van der Waals surface area (Å²) in [6, 6.07) is 7.43. The van der Waals surface area contributed by atoms with Crippen LogP contribution < -0.4 is 10.1 Å². The van der Waals surface area contributed by atoms with Gasteiger partial charge in [0.05, 0.1) is 0 Å². The standard InChI is InChI=1S/C15H21ClN2O2.ClH/c1-11-10-18(8-7-17-11)14(19)15(2,3)20-13-6-4-5-12(16)9-13;/h4-6,9,11,17H,7-8,10H2,1-3H3;1H/t11-;/m1./s1. The third-order valence-electron chi connectivity index (χ3n) is 3.34. The molecule has 0 spiro atoms. The first-order chi connectivity index (χ1) is 9.38. The molecular weight excluding hydrogens is 311 g/mol. The molecule has 1 aromatic rings. The average Bonchev–Trinajstić information content (AvgIpc) is 2.37. The molecule has 6 heteroatoms. The molecule has 118 valence electrons. The van der Waals surface area contributed by atoms with Crippen molar-refractivity contribution in [2.75, 3.05) is 19.6 Å². The van der Waals surface area contributed by atoms with E-state index >= 15 is 0 Å². The fraction of sp³-hybridized carbons (Fsp3) is 0.533. The van der Waals surface area contributed by atoms with Gasteiger partial charge in [0.25, 0.3) is 5.91 Å². The van der Waals surface area contributed by atoms with Crippen LogP contribution >= 0.6 is 24.0 Å². The number of nitrogens with one attached hydrogen (secondary N) is 1. The zero-order valence-corrected chi connectivity index (χ0v) is 14.1. The number of benzene rings is 1. The maximum atomic E-state index is 12.6. The van der Waals surface area contributed by atoms with E-state index in [2.05, 4.69) is 12.2 Å². The molecule has 0 bridgehead atoms. The maximum Gasteiger partial charge on any atom is 0.266 e. The summed E-state index contributed by atoms with van der Waals surface area (Å²) in [6.07, 6.45) is 0. The minimum absolute atomic E-state index is 0. The average molecular weight is 333 g/mol. The van der Waals surface area contributed by atoms with E-state index in [1.54, 1.807) is 32.0 Å². The number of hydrogen-bond donors (Lipinski definition) is 1. The van der Waals surface area contributed by atoms with Crippen LogP contribution in [-0.4, -0.2) is 42.1 Å². The minimum Gasteiger partial charge on any atom is -0.478 e. The number of carbonyl (C=O) groups is 1.